The summed E-state index contributed by atoms with van der Waals surface area (Å²) in [5.41, 5.74) is 6.57. The van der Waals surface area contributed by atoms with Crippen molar-refractivity contribution in [2.75, 3.05) is 6.54 Å². The molecule has 1 saturated carbocycles. The second-order valence-corrected chi connectivity index (χ2v) is 6.02. The van der Waals surface area contributed by atoms with E-state index in [9.17, 15) is 0 Å². The molecule has 0 heterocycles. The van der Waals surface area contributed by atoms with E-state index in [0.717, 1.165) is 13.0 Å². The van der Waals surface area contributed by atoms with Crippen molar-refractivity contribution in [2.24, 2.45) is 5.73 Å². The molecule has 1 fully saturated rings. The maximum atomic E-state index is 6.43. The Labute approximate surface area is 108 Å². The van der Waals surface area contributed by atoms with Crippen molar-refractivity contribution < 1.29 is 0 Å². The molecule has 2 heteroatoms. The zero-order chi connectivity index (χ0) is 12.6. The van der Waals surface area contributed by atoms with Crippen LogP contribution < -0.4 is 11.1 Å². The van der Waals surface area contributed by atoms with Crippen molar-refractivity contribution in [3.8, 4) is 0 Å². The zero-order valence-electron chi connectivity index (χ0n) is 11.9. The van der Waals surface area contributed by atoms with Gasteiger partial charge in [0.1, 0.15) is 0 Å². The predicted molar refractivity (Wildman–Crippen MR) is 76.2 cm³/mol. The monoisotopic (exact) mass is 240 g/mol. The van der Waals surface area contributed by atoms with Crippen LogP contribution >= 0.6 is 0 Å². The molecule has 3 N–H and O–H groups in total. The molecule has 0 radical (unpaired) electrons. The molecule has 0 bridgehead atoms. The molecule has 1 unspecified atom stereocenters. The molecule has 0 aromatic heterocycles. The van der Waals surface area contributed by atoms with Crippen molar-refractivity contribution in [3.63, 3.8) is 0 Å². The minimum absolute atomic E-state index is 0.147. The van der Waals surface area contributed by atoms with E-state index in [2.05, 4.69) is 19.2 Å². The highest BCUT2D eigenvalue weighted by molar-refractivity contribution is 4.87. The number of hydrogen-bond donors (Lipinski definition) is 2. The summed E-state index contributed by atoms with van der Waals surface area (Å²) >= 11 is 0. The van der Waals surface area contributed by atoms with Gasteiger partial charge in [-0.3, -0.25) is 0 Å². The molecule has 1 aliphatic rings. The quantitative estimate of drug-likeness (QED) is 0.636. The Morgan fingerprint density at radius 1 is 1.18 bits per heavy atom. The second-order valence-electron chi connectivity index (χ2n) is 6.02. The van der Waals surface area contributed by atoms with Crippen molar-refractivity contribution in [1.29, 1.82) is 0 Å². The standard InChI is InChI=1S/C15H32N2/c1-3-4-6-9-14(2)17-13-12-15(16)10-7-5-8-11-15/h14,17H,3-13,16H2,1-2H3. The maximum absolute atomic E-state index is 6.43. The van der Waals surface area contributed by atoms with Crippen molar-refractivity contribution in [2.45, 2.75) is 89.6 Å². The van der Waals surface area contributed by atoms with Crippen LogP contribution in [-0.2, 0) is 0 Å². The van der Waals surface area contributed by atoms with Crippen LogP contribution in [0.3, 0.4) is 0 Å². The molecule has 1 atom stereocenters. The zero-order valence-corrected chi connectivity index (χ0v) is 11.9. The molecule has 0 aliphatic heterocycles. The first kappa shape index (κ1) is 15.0. The largest absolute Gasteiger partial charge is 0.325 e. The topological polar surface area (TPSA) is 38.0 Å². The Balaban J connectivity index is 2.05. The third kappa shape index (κ3) is 6.42. The van der Waals surface area contributed by atoms with Crippen LogP contribution in [0.15, 0.2) is 0 Å². The molecule has 0 aromatic carbocycles. The normalized spacial score (nSPS) is 21.4. The molecule has 0 aromatic rings. The minimum Gasteiger partial charge on any atom is -0.325 e. The average molecular weight is 240 g/mol. The molecule has 17 heavy (non-hydrogen) atoms. The summed E-state index contributed by atoms with van der Waals surface area (Å²) in [7, 11) is 0. The summed E-state index contributed by atoms with van der Waals surface area (Å²) in [5, 5.41) is 3.63. The highest BCUT2D eigenvalue weighted by Crippen LogP contribution is 2.28. The smallest absolute Gasteiger partial charge is 0.0166 e. The fourth-order valence-electron chi connectivity index (χ4n) is 2.88. The van der Waals surface area contributed by atoms with E-state index in [1.54, 1.807) is 0 Å². The van der Waals surface area contributed by atoms with Gasteiger partial charge in [0.05, 0.1) is 0 Å². The van der Waals surface area contributed by atoms with Crippen molar-refractivity contribution in [3.05, 3.63) is 0 Å². The van der Waals surface area contributed by atoms with E-state index in [4.69, 9.17) is 5.73 Å². The highest BCUT2D eigenvalue weighted by Gasteiger charge is 2.26. The van der Waals surface area contributed by atoms with Gasteiger partial charge in [0.15, 0.2) is 0 Å². The molecular formula is C15H32N2. The molecule has 0 saturated heterocycles. The van der Waals surface area contributed by atoms with E-state index < -0.39 is 0 Å². The molecule has 0 spiro atoms. The summed E-state index contributed by atoms with van der Waals surface area (Å²) in [6, 6.07) is 0.661. The van der Waals surface area contributed by atoms with Gasteiger partial charge in [-0.25, -0.2) is 0 Å². The van der Waals surface area contributed by atoms with Gasteiger partial charge in [-0.05, 0) is 39.2 Å². The first-order chi connectivity index (χ1) is 8.16. The number of rotatable bonds is 8. The average Bonchev–Trinajstić information content (AvgIpc) is 2.30. The second kappa shape index (κ2) is 8.10. The fraction of sp³-hybridized carbons (Fsp3) is 1.00. The minimum atomic E-state index is 0.147. The summed E-state index contributed by atoms with van der Waals surface area (Å²) in [6.07, 6.45) is 13.0. The third-order valence-electron chi connectivity index (χ3n) is 4.21. The summed E-state index contributed by atoms with van der Waals surface area (Å²) in [5.74, 6) is 0. The van der Waals surface area contributed by atoms with Crippen molar-refractivity contribution in [1.82, 2.24) is 5.32 Å². The fourth-order valence-corrected chi connectivity index (χ4v) is 2.88. The summed E-state index contributed by atoms with van der Waals surface area (Å²) < 4.78 is 0. The van der Waals surface area contributed by atoms with Gasteiger partial charge >= 0.3 is 0 Å². The first-order valence-electron chi connectivity index (χ1n) is 7.68. The van der Waals surface area contributed by atoms with Gasteiger partial charge in [-0.2, -0.15) is 0 Å². The number of unbranched alkanes of at least 4 members (excludes halogenated alkanes) is 2. The first-order valence-corrected chi connectivity index (χ1v) is 7.68. The Bertz CT molecular complexity index is 185. The predicted octanol–water partition coefficient (Wildman–Crippen LogP) is 3.60. The summed E-state index contributed by atoms with van der Waals surface area (Å²) in [4.78, 5) is 0. The SMILES string of the molecule is CCCCCC(C)NCCC1(N)CCCCC1. The van der Waals surface area contributed by atoms with Gasteiger partial charge in [-0.1, -0.05) is 45.4 Å². The molecular weight excluding hydrogens is 208 g/mol. The van der Waals surface area contributed by atoms with Crippen LogP contribution in [0, 0.1) is 0 Å². The molecule has 2 nitrogen and oxygen atoms in total. The third-order valence-corrected chi connectivity index (χ3v) is 4.21. The van der Waals surface area contributed by atoms with E-state index in [1.807, 2.05) is 0 Å². The lowest BCUT2D eigenvalue weighted by atomic mass is 9.80. The lowest BCUT2D eigenvalue weighted by Gasteiger charge is -2.34. The van der Waals surface area contributed by atoms with E-state index in [1.165, 1.54) is 57.8 Å². The van der Waals surface area contributed by atoms with Crippen LogP contribution in [-0.4, -0.2) is 18.1 Å². The van der Waals surface area contributed by atoms with Gasteiger partial charge in [0, 0.05) is 11.6 Å². The Morgan fingerprint density at radius 2 is 1.88 bits per heavy atom. The number of nitrogens with two attached hydrogens (primary N) is 1. The van der Waals surface area contributed by atoms with Crippen LogP contribution in [0.25, 0.3) is 0 Å². The van der Waals surface area contributed by atoms with E-state index in [-0.39, 0.29) is 5.54 Å². The lowest BCUT2D eigenvalue weighted by Crippen LogP contribution is -2.44. The van der Waals surface area contributed by atoms with Gasteiger partial charge < -0.3 is 11.1 Å². The lowest BCUT2D eigenvalue weighted by molar-refractivity contribution is 0.270. The Kier molecular flexibility index (Phi) is 7.14. The van der Waals surface area contributed by atoms with Crippen LogP contribution in [0.4, 0.5) is 0 Å². The van der Waals surface area contributed by atoms with Gasteiger partial charge in [0.25, 0.3) is 0 Å². The molecule has 1 aliphatic carbocycles. The van der Waals surface area contributed by atoms with E-state index >= 15 is 0 Å². The maximum Gasteiger partial charge on any atom is 0.0166 e. The Hall–Kier alpha value is -0.0800. The highest BCUT2D eigenvalue weighted by atomic mass is 14.9. The number of nitrogens with one attached hydrogen (secondary N) is 1. The van der Waals surface area contributed by atoms with Crippen LogP contribution in [0.1, 0.15) is 78.1 Å². The molecule has 1 rings (SSSR count). The van der Waals surface area contributed by atoms with Gasteiger partial charge in [0.2, 0.25) is 0 Å². The Morgan fingerprint density at radius 3 is 2.53 bits per heavy atom. The van der Waals surface area contributed by atoms with Gasteiger partial charge in [-0.15, -0.1) is 0 Å². The van der Waals surface area contributed by atoms with Crippen LogP contribution in [0.5, 0.6) is 0 Å². The molecule has 0 amide bonds. The number of hydrogen-bond acceptors (Lipinski definition) is 2. The van der Waals surface area contributed by atoms with E-state index in [0.29, 0.717) is 6.04 Å². The van der Waals surface area contributed by atoms with Crippen molar-refractivity contribution >= 4 is 0 Å². The molecule has 102 valence electrons. The summed E-state index contributed by atoms with van der Waals surface area (Å²) in [6.45, 7) is 5.67. The van der Waals surface area contributed by atoms with Crippen LogP contribution in [0.2, 0.25) is 0 Å².